The molecular weight excluding hydrogens is 385 g/mol. The predicted molar refractivity (Wildman–Crippen MR) is 89.7 cm³/mol. The number of nitrogens with zero attached hydrogens (tertiary/aromatic N) is 3. The highest BCUT2D eigenvalue weighted by molar-refractivity contribution is 7.09. The van der Waals surface area contributed by atoms with Crippen molar-refractivity contribution in [3.8, 4) is 0 Å². The van der Waals surface area contributed by atoms with E-state index in [0.29, 0.717) is 30.9 Å². The number of carboxylic acid groups (broad SMARTS) is 1. The molecule has 2 aromatic rings. The van der Waals surface area contributed by atoms with Gasteiger partial charge >= 0.3 is 12.1 Å². The van der Waals surface area contributed by atoms with E-state index >= 15 is 0 Å². The Bertz CT molecular complexity index is 853. The number of likely N-dealkylation sites (tertiary alicyclic amines) is 1. The van der Waals surface area contributed by atoms with Gasteiger partial charge < -0.3 is 10.0 Å². The number of hydrogen-bond acceptors (Lipinski definition) is 5. The van der Waals surface area contributed by atoms with Gasteiger partial charge in [0.25, 0.3) is 0 Å². The first-order valence-electron chi connectivity index (χ1n) is 8.24. The van der Waals surface area contributed by atoms with E-state index in [-0.39, 0.29) is 35.2 Å². The Morgan fingerprint density at radius 1 is 1.37 bits per heavy atom. The molecule has 0 radical (unpaired) electrons. The second kappa shape index (κ2) is 7.29. The average molecular weight is 402 g/mol. The third-order valence-corrected chi connectivity index (χ3v) is 5.62. The van der Waals surface area contributed by atoms with Gasteiger partial charge in [-0.05, 0) is 19.8 Å². The highest BCUT2D eigenvalue weighted by Crippen LogP contribution is 2.33. The number of hydrogen-bond donors (Lipinski definition) is 2. The molecule has 27 heavy (non-hydrogen) atoms. The molecule has 1 aliphatic heterocycles. The maximum absolute atomic E-state index is 13.0. The van der Waals surface area contributed by atoms with Crippen molar-refractivity contribution in [2.45, 2.75) is 38.3 Å². The van der Waals surface area contributed by atoms with Crippen LogP contribution in [0, 0.1) is 6.92 Å². The second-order valence-corrected chi connectivity index (χ2v) is 7.27. The van der Waals surface area contributed by atoms with Crippen LogP contribution < -0.4 is 0 Å². The minimum atomic E-state index is -4.61. The van der Waals surface area contributed by atoms with Crippen molar-refractivity contribution < 1.29 is 27.9 Å². The Kier molecular flexibility index (Phi) is 5.22. The molecule has 0 aliphatic carbocycles. The number of carboxylic acids is 1. The van der Waals surface area contributed by atoms with Crippen molar-refractivity contribution in [2.75, 3.05) is 13.1 Å². The van der Waals surface area contributed by atoms with E-state index in [9.17, 15) is 22.8 Å². The van der Waals surface area contributed by atoms with Gasteiger partial charge in [0, 0.05) is 35.6 Å². The van der Waals surface area contributed by atoms with Crippen LogP contribution in [0.15, 0.2) is 5.38 Å². The van der Waals surface area contributed by atoms with Gasteiger partial charge in [-0.25, -0.2) is 9.78 Å². The Balaban J connectivity index is 1.62. The number of rotatable bonds is 4. The fourth-order valence-corrected chi connectivity index (χ4v) is 4.08. The normalized spacial score (nSPS) is 15.9. The number of aromatic amines is 1. The molecule has 146 valence electrons. The van der Waals surface area contributed by atoms with Crippen molar-refractivity contribution in [1.82, 2.24) is 20.1 Å². The van der Waals surface area contributed by atoms with Gasteiger partial charge in [0.2, 0.25) is 5.91 Å². The summed E-state index contributed by atoms with van der Waals surface area (Å²) in [4.78, 5) is 29.0. The van der Waals surface area contributed by atoms with Crippen LogP contribution in [-0.2, 0) is 17.4 Å². The predicted octanol–water partition coefficient (Wildman–Crippen LogP) is 2.84. The molecule has 1 amide bonds. The van der Waals surface area contributed by atoms with Gasteiger partial charge in [0.1, 0.15) is 0 Å². The SMILES string of the molecule is Cc1[nH]nc(C(F)(F)F)c1CC(=O)N1CCC(c2nc(C(=O)O)cs2)CC1. The maximum atomic E-state index is 13.0. The highest BCUT2D eigenvalue weighted by atomic mass is 32.1. The van der Waals surface area contributed by atoms with Crippen LogP contribution in [-0.4, -0.2) is 50.2 Å². The summed E-state index contributed by atoms with van der Waals surface area (Å²) in [6.45, 7) is 2.24. The number of carbonyl (C=O) groups excluding carboxylic acids is 1. The molecule has 0 saturated carbocycles. The molecule has 0 aromatic carbocycles. The van der Waals surface area contributed by atoms with Crippen LogP contribution in [0.1, 0.15) is 51.2 Å². The summed E-state index contributed by atoms with van der Waals surface area (Å²) in [5, 5.41) is 16.7. The van der Waals surface area contributed by atoms with Crippen molar-refractivity contribution in [1.29, 1.82) is 0 Å². The molecule has 1 saturated heterocycles. The number of aromatic nitrogens is 3. The van der Waals surface area contributed by atoms with E-state index in [4.69, 9.17) is 5.11 Å². The number of thiazole rings is 1. The molecule has 0 unspecified atom stereocenters. The second-order valence-electron chi connectivity index (χ2n) is 6.38. The van der Waals surface area contributed by atoms with Gasteiger partial charge in [-0.3, -0.25) is 9.89 Å². The van der Waals surface area contributed by atoms with Crippen LogP contribution in [0.5, 0.6) is 0 Å². The van der Waals surface area contributed by atoms with Gasteiger partial charge in [0.15, 0.2) is 11.4 Å². The number of nitrogens with one attached hydrogen (secondary N) is 1. The number of amides is 1. The molecule has 1 fully saturated rings. The summed E-state index contributed by atoms with van der Waals surface area (Å²) >= 11 is 1.27. The first-order chi connectivity index (χ1) is 12.7. The molecule has 7 nitrogen and oxygen atoms in total. The number of alkyl halides is 3. The monoisotopic (exact) mass is 402 g/mol. The lowest BCUT2D eigenvalue weighted by molar-refractivity contribution is -0.142. The summed E-state index contributed by atoms with van der Waals surface area (Å²) in [6, 6.07) is 0. The van der Waals surface area contributed by atoms with Gasteiger partial charge in [0.05, 0.1) is 11.4 Å². The standard InChI is InChI=1S/C16H17F3N4O3S/c1-8-10(13(22-21-8)16(17,18)19)6-12(24)23-4-2-9(3-5-23)14-20-11(7-27-14)15(25)26/h7,9H,2-6H2,1H3,(H,21,22)(H,25,26). The zero-order valence-electron chi connectivity index (χ0n) is 14.3. The fourth-order valence-electron chi connectivity index (χ4n) is 3.12. The van der Waals surface area contributed by atoms with Gasteiger partial charge in [-0.15, -0.1) is 11.3 Å². The Morgan fingerprint density at radius 2 is 2.04 bits per heavy atom. The first-order valence-corrected chi connectivity index (χ1v) is 9.12. The van der Waals surface area contributed by atoms with Crippen LogP contribution in [0.3, 0.4) is 0 Å². The van der Waals surface area contributed by atoms with Crippen molar-refractivity contribution in [3.63, 3.8) is 0 Å². The number of piperidine rings is 1. The Morgan fingerprint density at radius 3 is 2.59 bits per heavy atom. The summed E-state index contributed by atoms with van der Waals surface area (Å²) < 4.78 is 39.0. The van der Waals surface area contributed by atoms with E-state index < -0.39 is 17.8 Å². The van der Waals surface area contributed by atoms with E-state index in [1.54, 1.807) is 0 Å². The largest absolute Gasteiger partial charge is 0.476 e. The summed E-state index contributed by atoms with van der Waals surface area (Å²) in [6.07, 6.45) is -3.79. The number of H-pyrrole nitrogens is 1. The van der Waals surface area contributed by atoms with Gasteiger partial charge in [-0.1, -0.05) is 0 Å². The van der Waals surface area contributed by atoms with Crippen LogP contribution >= 0.6 is 11.3 Å². The van der Waals surface area contributed by atoms with Gasteiger partial charge in [-0.2, -0.15) is 18.3 Å². The van der Waals surface area contributed by atoms with E-state index in [0.717, 1.165) is 0 Å². The third-order valence-electron chi connectivity index (χ3n) is 4.61. The molecule has 1 aliphatic rings. The summed E-state index contributed by atoms with van der Waals surface area (Å²) in [7, 11) is 0. The molecule has 2 aromatic heterocycles. The number of aromatic carboxylic acids is 1. The highest BCUT2D eigenvalue weighted by Gasteiger charge is 2.38. The smallest absolute Gasteiger partial charge is 0.435 e. The van der Waals surface area contributed by atoms with E-state index in [1.807, 2.05) is 0 Å². The lowest BCUT2D eigenvalue weighted by Gasteiger charge is -2.31. The van der Waals surface area contributed by atoms with Crippen molar-refractivity contribution in [3.05, 3.63) is 33.0 Å². The average Bonchev–Trinajstić information content (AvgIpc) is 3.22. The number of carbonyl (C=O) groups is 2. The zero-order chi connectivity index (χ0) is 19.8. The Hall–Kier alpha value is -2.43. The molecule has 11 heteroatoms. The molecule has 0 spiro atoms. The Labute approximate surface area is 156 Å². The van der Waals surface area contributed by atoms with Crippen LogP contribution in [0.25, 0.3) is 0 Å². The van der Waals surface area contributed by atoms with Crippen molar-refractivity contribution in [2.24, 2.45) is 0 Å². The lowest BCUT2D eigenvalue weighted by atomic mass is 9.97. The van der Waals surface area contributed by atoms with Crippen LogP contribution in [0.4, 0.5) is 13.2 Å². The quantitative estimate of drug-likeness (QED) is 0.819. The van der Waals surface area contributed by atoms with Crippen LogP contribution in [0.2, 0.25) is 0 Å². The van der Waals surface area contributed by atoms with E-state index in [1.165, 1.54) is 28.5 Å². The number of aryl methyl sites for hydroxylation is 1. The minimum absolute atomic E-state index is 0.00335. The summed E-state index contributed by atoms with van der Waals surface area (Å²) in [5.41, 5.74) is -0.939. The third kappa shape index (κ3) is 4.12. The van der Waals surface area contributed by atoms with Crippen molar-refractivity contribution >= 4 is 23.2 Å². The topological polar surface area (TPSA) is 99.2 Å². The molecule has 3 rings (SSSR count). The van der Waals surface area contributed by atoms with E-state index in [2.05, 4.69) is 15.2 Å². The summed E-state index contributed by atoms with van der Waals surface area (Å²) in [5.74, 6) is -1.41. The molecule has 0 bridgehead atoms. The lowest BCUT2D eigenvalue weighted by Crippen LogP contribution is -2.39. The first kappa shape index (κ1) is 19.3. The molecule has 3 heterocycles. The molecular formula is C16H17F3N4O3S. The number of halogens is 3. The molecule has 2 N–H and O–H groups in total. The minimum Gasteiger partial charge on any atom is -0.476 e. The maximum Gasteiger partial charge on any atom is 0.435 e. The zero-order valence-corrected chi connectivity index (χ0v) is 15.2. The fraction of sp³-hybridized carbons (Fsp3) is 0.500. The molecule has 0 atom stereocenters.